The van der Waals surface area contributed by atoms with Crippen molar-refractivity contribution < 1.29 is 0 Å². The molecule has 2 unspecified atom stereocenters. The fourth-order valence-electron chi connectivity index (χ4n) is 3.93. The van der Waals surface area contributed by atoms with E-state index in [-0.39, 0.29) is 0 Å². The first kappa shape index (κ1) is 14.2. The van der Waals surface area contributed by atoms with E-state index in [0.717, 1.165) is 18.0 Å². The van der Waals surface area contributed by atoms with E-state index in [2.05, 4.69) is 29.4 Å². The molecule has 1 heterocycles. The first-order chi connectivity index (χ1) is 9.72. The molecule has 1 aromatic carbocycles. The van der Waals surface area contributed by atoms with E-state index in [1.54, 1.807) is 11.8 Å². The lowest BCUT2D eigenvalue weighted by Gasteiger charge is -2.40. The third-order valence-corrected chi connectivity index (χ3v) is 5.76. The Kier molecular flexibility index (Phi) is 4.22. The largest absolute Gasteiger partial charge is 0.389 e. The van der Waals surface area contributed by atoms with Crippen molar-refractivity contribution in [1.82, 2.24) is 0 Å². The lowest BCUT2D eigenvalue weighted by molar-refractivity contribution is 0.362. The fraction of sp³-hybridized carbons (Fsp3) is 0.562. The average molecular weight is 306 g/mol. The van der Waals surface area contributed by atoms with Gasteiger partial charge in [0.1, 0.15) is 4.99 Å². The monoisotopic (exact) mass is 306 g/mol. The first-order valence-corrected chi connectivity index (χ1v) is 9.09. The van der Waals surface area contributed by atoms with E-state index in [9.17, 15) is 0 Å². The highest BCUT2D eigenvalue weighted by Gasteiger charge is 2.36. The summed E-state index contributed by atoms with van der Waals surface area (Å²) < 4.78 is 0. The van der Waals surface area contributed by atoms with E-state index < -0.39 is 0 Å². The van der Waals surface area contributed by atoms with Gasteiger partial charge in [0.25, 0.3) is 0 Å². The molecule has 1 aliphatic heterocycles. The van der Waals surface area contributed by atoms with Crippen LogP contribution in [0.1, 0.15) is 37.7 Å². The normalized spacial score (nSPS) is 25.6. The standard InChI is InChI=1S/C16H22N2S2/c1-20-14-9-3-8-13(15(14)16(17)19)18-10-4-6-11-5-2-7-12(11)18/h3,8-9,11-12H,2,4-7,10H2,1H3,(H2,17,19). The molecule has 1 saturated carbocycles. The van der Waals surface area contributed by atoms with Crippen LogP contribution in [-0.2, 0) is 0 Å². The van der Waals surface area contributed by atoms with Crippen molar-refractivity contribution in [1.29, 1.82) is 0 Å². The highest BCUT2D eigenvalue weighted by molar-refractivity contribution is 7.98. The quantitative estimate of drug-likeness (QED) is 0.679. The van der Waals surface area contributed by atoms with Crippen molar-refractivity contribution in [2.75, 3.05) is 17.7 Å². The third-order valence-electron chi connectivity index (χ3n) is 4.77. The number of nitrogens with zero attached hydrogens (tertiary/aromatic N) is 1. The Balaban J connectivity index is 2.02. The maximum atomic E-state index is 6.03. The van der Waals surface area contributed by atoms with Crippen molar-refractivity contribution in [3.05, 3.63) is 23.8 Å². The number of piperidine rings is 1. The molecule has 2 atom stereocenters. The van der Waals surface area contributed by atoms with Crippen LogP contribution < -0.4 is 10.6 Å². The van der Waals surface area contributed by atoms with E-state index in [4.69, 9.17) is 18.0 Å². The summed E-state index contributed by atoms with van der Waals surface area (Å²) in [4.78, 5) is 4.33. The molecule has 0 radical (unpaired) electrons. The van der Waals surface area contributed by atoms with Gasteiger partial charge < -0.3 is 10.6 Å². The van der Waals surface area contributed by atoms with E-state index >= 15 is 0 Å². The average Bonchev–Trinajstić information content (AvgIpc) is 2.94. The second-order valence-corrected chi connectivity index (χ2v) is 7.10. The summed E-state index contributed by atoms with van der Waals surface area (Å²) in [7, 11) is 0. The Hall–Kier alpha value is -0.740. The molecular formula is C16H22N2S2. The predicted octanol–water partition coefficient (Wildman–Crippen LogP) is 3.81. The van der Waals surface area contributed by atoms with Gasteiger partial charge in [-0.25, -0.2) is 0 Å². The molecular weight excluding hydrogens is 284 g/mol. The Morgan fingerprint density at radius 2 is 2.10 bits per heavy atom. The van der Waals surface area contributed by atoms with Crippen LogP contribution in [0.5, 0.6) is 0 Å². The van der Waals surface area contributed by atoms with E-state index in [1.807, 2.05) is 0 Å². The minimum atomic E-state index is 0.532. The number of hydrogen-bond acceptors (Lipinski definition) is 3. The Morgan fingerprint density at radius 3 is 2.85 bits per heavy atom. The highest BCUT2D eigenvalue weighted by Crippen LogP contribution is 2.41. The van der Waals surface area contributed by atoms with Gasteiger partial charge in [0.15, 0.2) is 0 Å². The summed E-state index contributed by atoms with van der Waals surface area (Å²) >= 11 is 7.06. The number of hydrogen-bond donors (Lipinski definition) is 1. The van der Waals surface area contributed by atoms with Crippen molar-refractivity contribution in [3.8, 4) is 0 Å². The van der Waals surface area contributed by atoms with Gasteiger partial charge in [-0.05, 0) is 50.0 Å². The van der Waals surface area contributed by atoms with Gasteiger partial charge in [0, 0.05) is 28.7 Å². The number of thiocarbonyl (C=S) groups is 1. The molecule has 2 N–H and O–H groups in total. The van der Waals surface area contributed by atoms with Crippen LogP contribution in [0.25, 0.3) is 0 Å². The molecule has 3 rings (SSSR count). The van der Waals surface area contributed by atoms with Crippen molar-refractivity contribution in [2.24, 2.45) is 11.7 Å². The number of thioether (sulfide) groups is 1. The molecule has 2 nitrogen and oxygen atoms in total. The van der Waals surface area contributed by atoms with Crippen LogP contribution in [0.15, 0.2) is 23.1 Å². The summed E-state index contributed by atoms with van der Waals surface area (Å²) in [5.74, 6) is 0.876. The second-order valence-electron chi connectivity index (χ2n) is 5.81. The van der Waals surface area contributed by atoms with Gasteiger partial charge >= 0.3 is 0 Å². The molecule has 0 spiro atoms. The zero-order valence-corrected chi connectivity index (χ0v) is 13.6. The maximum Gasteiger partial charge on any atom is 0.107 e. The fourth-order valence-corrected chi connectivity index (χ4v) is 4.84. The first-order valence-electron chi connectivity index (χ1n) is 7.46. The summed E-state index contributed by atoms with van der Waals surface area (Å²) in [6, 6.07) is 7.17. The van der Waals surface area contributed by atoms with Gasteiger partial charge in [-0.15, -0.1) is 11.8 Å². The van der Waals surface area contributed by atoms with E-state index in [0.29, 0.717) is 11.0 Å². The van der Waals surface area contributed by atoms with Crippen LogP contribution in [0.3, 0.4) is 0 Å². The SMILES string of the molecule is CSc1cccc(N2CCCC3CCCC32)c1C(N)=S. The van der Waals surface area contributed by atoms with Crippen LogP contribution in [0, 0.1) is 5.92 Å². The van der Waals surface area contributed by atoms with Crippen molar-refractivity contribution >= 4 is 34.7 Å². The number of rotatable bonds is 3. The topological polar surface area (TPSA) is 29.3 Å². The molecule has 1 saturated heterocycles. The molecule has 0 amide bonds. The molecule has 4 heteroatoms. The lowest BCUT2D eigenvalue weighted by atomic mass is 9.91. The molecule has 1 aromatic rings. The zero-order valence-electron chi connectivity index (χ0n) is 12.0. The van der Waals surface area contributed by atoms with Gasteiger partial charge in [0.05, 0.1) is 0 Å². The summed E-state index contributed by atoms with van der Waals surface area (Å²) in [6.45, 7) is 1.15. The van der Waals surface area contributed by atoms with Gasteiger partial charge in [-0.1, -0.05) is 24.7 Å². The van der Waals surface area contributed by atoms with Gasteiger partial charge in [-0.2, -0.15) is 0 Å². The molecule has 108 valence electrons. The predicted molar refractivity (Wildman–Crippen MR) is 91.8 cm³/mol. The van der Waals surface area contributed by atoms with E-state index in [1.165, 1.54) is 42.7 Å². The maximum absolute atomic E-state index is 6.03. The summed E-state index contributed by atoms with van der Waals surface area (Å²) in [5.41, 5.74) is 8.38. The number of fused-ring (bicyclic) bond motifs is 1. The van der Waals surface area contributed by atoms with Crippen LogP contribution in [-0.4, -0.2) is 23.8 Å². The summed E-state index contributed by atoms with van der Waals surface area (Å²) in [6.07, 6.45) is 8.87. The Morgan fingerprint density at radius 1 is 1.30 bits per heavy atom. The van der Waals surface area contributed by atoms with Crippen molar-refractivity contribution in [3.63, 3.8) is 0 Å². The van der Waals surface area contributed by atoms with Gasteiger partial charge in [-0.3, -0.25) is 0 Å². The Bertz CT molecular complexity index is 515. The summed E-state index contributed by atoms with van der Waals surface area (Å²) in [5, 5.41) is 0. The van der Waals surface area contributed by atoms with Crippen LogP contribution in [0.4, 0.5) is 5.69 Å². The van der Waals surface area contributed by atoms with Crippen molar-refractivity contribution in [2.45, 2.75) is 43.0 Å². The number of anilines is 1. The minimum absolute atomic E-state index is 0.532. The zero-order chi connectivity index (χ0) is 14.1. The molecule has 0 bridgehead atoms. The smallest absolute Gasteiger partial charge is 0.107 e. The van der Waals surface area contributed by atoms with Gasteiger partial charge in [0.2, 0.25) is 0 Å². The molecule has 0 aromatic heterocycles. The molecule has 1 aliphatic carbocycles. The lowest BCUT2D eigenvalue weighted by Crippen LogP contribution is -2.43. The molecule has 20 heavy (non-hydrogen) atoms. The molecule has 2 fully saturated rings. The third kappa shape index (κ3) is 2.44. The van der Waals surface area contributed by atoms with Crippen LogP contribution in [0.2, 0.25) is 0 Å². The highest BCUT2D eigenvalue weighted by atomic mass is 32.2. The minimum Gasteiger partial charge on any atom is -0.389 e. The Labute approximate surface area is 131 Å². The van der Waals surface area contributed by atoms with Crippen LogP contribution >= 0.6 is 24.0 Å². The molecule has 2 aliphatic rings. The number of nitrogens with two attached hydrogens (primary N) is 1. The number of benzene rings is 1. The second kappa shape index (κ2) is 5.94.